The molecule has 5 nitrogen and oxygen atoms in total. The molecular formula is C18H16F3N3O2. The van der Waals surface area contributed by atoms with Crippen LogP contribution >= 0.6 is 0 Å². The highest BCUT2D eigenvalue weighted by Crippen LogP contribution is 2.50. The molecule has 0 spiro atoms. The van der Waals surface area contributed by atoms with E-state index < -0.39 is 24.7 Å². The molecule has 0 bridgehead atoms. The van der Waals surface area contributed by atoms with Crippen molar-refractivity contribution in [1.29, 1.82) is 0 Å². The van der Waals surface area contributed by atoms with E-state index in [2.05, 4.69) is 9.97 Å². The summed E-state index contributed by atoms with van der Waals surface area (Å²) in [5, 5.41) is 1.84. The third-order valence-electron chi connectivity index (χ3n) is 4.46. The summed E-state index contributed by atoms with van der Waals surface area (Å²) in [6.07, 6.45) is 1.93. The summed E-state index contributed by atoms with van der Waals surface area (Å²) in [5.41, 5.74) is 1.05. The second-order valence-electron chi connectivity index (χ2n) is 6.29. The van der Waals surface area contributed by atoms with Crippen LogP contribution in [0.5, 0.6) is 0 Å². The van der Waals surface area contributed by atoms with Gasteiger partial charge in [0.15, 0.2) is 5.78 Å². The van der Waals surface area contributed by atoms with Crippen LogP contribution in [-0.4, -0.2) is 34.6 Å². The molecule has 3 rings (SSSR count). The monoisotopic (exact) mass is 363 g/mol. The van der Waals surface area contributed by atoms with Crippen molar-refractivity contribution in [2.75, 3.05) is 6.54 Å². The highest BCUT2D eigenvalue weighted by atomic mass is 19.3. The molecule has 1 N–H and O–H groups in total. The molecule has 136 valence electrons. The highest BCUT2D eigenvalue weighted by molar-refractivity contribution is 5.99. The van der Waals surface area contributed by atoms with Crippen LogP contribution in [0.2, 0.25) is 0 Å². The van der Waals surface area contributed by atoms with Crippen LogP contribution in [0, 0.1) is 5.82 Å². The van der Waals surface area contributed by atoms with Crippen molar-refractivity contribution in [3.8, 4) is 0 Å². The lowest BCUT2D eigenvalue weighted by molar-refractivity contribution is -0.131. The van der Waals surface area contributed by atoms with Crippen LogP contribution in [0.3, 0.4) is 0 Å². The zero-order valence-corrected chi connectivity index (χ0v) is 13.7. The number of nitrogens with zero attached hydrogens (tertiary/aromatic N) is 2. The number of benzene rings is 1. The maximum absolute atomic E-state index is 13.1. The molecule has 0 saturated heterocycles. The number of aromatic nitrogens is 2. The number of carbonyl (C=O) groups excluding carboxylic acids is 2. The lowest BCUT2D eigenvalue weighted by atomic mass is 9.92. The number of ketones is 1. The Labute approximate surface area is 147 Å². The summed E-state index contributed by atoms with van der Waals surface area (Å²) >= 11 is 0. The van der Waals surface area contributed by atoms with Gasteiger partial charge in [-0.05, 0) is 30.5 Å². The van der Waals surface area contributed by atoms with E-state index in [-0.39, 0.29) is 16.8 Å². The standard InChI is InChI=1S/C18H16F3N3O2/c19-13-3-1-12(2-4-13)18(5-6-18)7-15-22-8-11(9-23-15)14(25)10-24-17(26)16(20)21/h1-4,8-9,16H,5-7,10H2,(H,24,26). The minimum atomic E-state index is -3.16. The molecule has 0 atom stereocenters. The Kier molecular flexibility index (Phi) is 5.01. The van der Waals surface area contributed by atoms with Gasteiger partial charge in [-0.3, -0.25) is 9.59 Å². The first kappa shape index (κ1) is 18.0. The van der Waals surface area contributed by atoms with Gasteiger partial charge in [-0.15, -0.1) is 0 Å². The number of carbonyl (C=O) groups is 2. The third kappa shape index (κ3) is 4.07. The van der Waals surface area contributed by atoms with Gasteiger partial charge in [0, 0.05) is 24.2 Å². The van der Waals surface area contributed by atoms with Crippen molar-refractivity contribution in [3.63, 3.8) is 0 Å². The van der Waals surface area contributed by atoms with Gasteiger partial charge in [0.2, 0.25) is 0 Å². The first-order valence-corrected chi connectivity index (χ1v) is 8.06. The van der Waals surface area contributed by atoms with Crippen LogP contribution in [0.15, 0.2) is 36.7 Å². The van der Waals surface area contributed by atoms with Crippen molar-refractivity contribution < 1.29 is 22.8 Å². The molecule has 2 aromatic rings. The Bertz CT molecular complexity index is 803. The molecule has 1 saturated carbocycles. The minimum Gasteiger partial charge on any atom is -0.344 e. The predicted molar refractivity (Wildman–Crippen MR) is 86.4 cm³/mol. The van der Waals surface area contributed by atoms with Gasteiger partial charge in [0.05, 0.1) is 12.1 Å². The topological polar surface area (TPSA) is 72.0 Å². The molecule has 1 aliphatic carbocycles. The average molecular weight is 363 g/mol. The van der Waals surface area contributed by atoms with Crippen LogP contribution < -0.4 is 5.32 Å². The molecule has 0 radical (unpaired) electrons. The molecule has 1 heterocycles. The fraction of sp³-hybridized carbons (Fsp3) is 0.333. The van der Waals surface area contributed by atoms with Crippen molar-refractivity contribution in [1.82, 2.24) is 15.3 Å². The van der Waals surface area contributed by atoms with Crippen LogP contribution in [0.4, 0.5) is 13.2 Å². The lowest BCUT2D eigenvalue weighted by Crippen LogP contribution is -2.34. The maximum Gasteiger partial charge on any atom is 0.315 e. The number of halogens is 3. The smallest absolute Gasteiger partial charge is 0.315 e. The second-order valence-corrected chi connectivity index (χ2v) is 6.29. The van der Waals surface area contributed by atoms with Gasteiger partial charge in [-0.25, -0.2) is 14.4 Å². The SMILES string of the molecule is O=C(CNC(=O)C(F)F)c1cnc(CC2(c3ccc(F)cc3)CC2)nc1. The van der Waals surface area contributed by atoms with Crippen LogP contribution in [0.1, 0.15) is 34.6 Å². The number of hydrogen-bond acceptors (Lipinski definition) is 4. The number of hydrogen-bond donors (Lipinski definition) is 1. The van der Waals surface area contributed by atoms with E-state index >= 15 is 0 Å². The summed E-state index contributed by atoms with van der Waals surface area (Å²) in [6.45, 7) is -0.536. The Morgan fingerprint density at radius 2 is 1.73 bits per heavy atom. The Hall–Kier alpha value is -2.77. The van der Waals surface area contributed by atoms with Crippen LogP contribution in [-0.2, 0) is 16.6 Å². The first-order chi connectivity index (χ1) is 12.4. The van der Waals surface area contributed by atoms with Gasteiger partial charge in [-0.2, -0.15) is 8.78 Å². The summed E-state index contributed by atoms with van der Waals surface area (Å²) in [4.78, 5) is 31.0. The molecule has 8 heteroatoms. The van der Waals surface area contributed by atoms with Gasteiger partial charge in [-0.1, -0.05) is 12.1 Å². The Morgan fingerprint density at radius 3 is 2.27 bits per heavy atom. The zero-order valence-electron chi connectivity index (χ0n) is 13.7. The minimum absolute atomic E-state index is 0.107. The van der Waals surface area contributed by atoms with Crippen molar-refractivity contribution in [2.45, 2.75) is 31.1 Å². The van der Waals surface area contributed by atoms with E-state index in [1.54, 1.807) is 12.1 Å². The fourth-order valence-electron chi connectivity index (χ4n) is 2.76. The summed E-state index contributed by atoms with van der Waals surface area (Å²) in [7, 11) is 0. The number of nitrogens with one attached hydrogen (secondary N) is 1. The van der Waals surface area contributed by atoms with E-state index in [0.717, 1.165) is 18.4 Å². The molecular weight excluding hydrogens is 347 g/mol. The quantitative estimate of drug-likeness (QED) is 0.767. The molecule has 0 unspecified atom stereocenters. The first-order valence-electron chi connectivity index (χ1n) is 8.06. The second kappa shape index (κ2) is 7.23. The van der Waals surface area contributed by atoms with E-state index in [9.17, 15) is 22.8 Å². The Morgan fingerprint density at radius 1 is 1.12 bits per heavy atom. The highest BCUT2D eigenvalue weighted by Gasteiger charge is 2.44. The van der Waals surface area contributed by atoms with Gasteiger partial charge >= 0.3 is 6.43 Å². The summed E-state index contributed by atoms with van der Waals surface area (Å²) in [5.74, 6) is -1.79. The number of amides is 1. The van der Waals surface area contributed by atoms with Crippen LogP contribution in [0.25, 0.3) is 0 Å². The zero-order chi connectivity index (χ0) is 18.7. The maximum atomic E-state index is 13.1. The number of rotatable bonds is 7. The lowest BCUT2D eigenvalue weighted by Gasteiger charge is -2.14. The summed E-state index contributed by atoms with van der Waals surface area (Å²) < 4.78 is 37.3. The fourth-order valence-corrected chi connectivity index (χ4v) is 2.76. The molecule has 1 aromatic heterocycles. The van der Waals surface area contributed by atoms with E-state index in [1.807, 2.05) is 5.32 Å². The molecule has 0 aliphatic heterocycles. The van der Waals surface area contributed by atoms with Crippen molar-refractivity contribution in [3.05, 3.63) is 59.4 Å². The van der Waals surface area contributed by atoms with Gasteiger partial charge < -0.3 is 5.32 Å². The molecule has 26 heavy (non-hydrogen) atoms. The summed E-state index contributed by atoms with van der Waals surface area (Å²) in [6, 6.07) is 6.36. The van der Waals surface area contributed by atoms with E-state index in [0.29, 0.717) is 12.2 Å². The van der Waals surface area contributed by atoms with Crippen molar-refractivity contribution in [2.24, 2.45) is 0 Å². The number of alkyl halides is 2. The van der Waals surface area contributed by atoms with E-state index in [1.165, 1.54) is 24.5 Å². The van der Waals surface area contributed by atoms with E-state index in [4.69, 9.17) is 0 Å². The average Bonchev–Trinajstić information content (AvgIpc) is 3.41. The normalized spacial score (nSPS) is 14.9. The molecule has 1 aromatic carbocycles. The van der Waals surface area contributed by atoms with Crippen molar-refractivity contribution >= 4 is 11.7 Å². The molecule has 1 fully saturated rings. The predicted octanol–water partition coefficient (Wildman–Crippen LogP) is 2.45. The largest absolute Gasteiger partial charge is 0.344 e. The molecule has 1 aliphatic rings. The Balaban J connectivity index is 1.62. The van der Waals surface area contributed by atoms with Gasteiger partial charge in [0.25, 0.3) is 5.91 Å². The molecule has 1 amide bonds. The van der Waals surface area contributed by atoms with Gasteiger partial charge in [0.1, 0.15) is 11.6 Å². The number of Topliss-reactive ketones (excluding diaryl/α,β-unsaturated/α-hetero) is 1. The third-order valence-corrected chi connectivity index (χ3v) is 4.46.